The van der Waals surface area contributed by atoms with Crippen LogP contribution in [0.5, 0.6) is 0 Å². The zero-order chi connectivity index (χ0) is 14.9. The lowest BCUT2D eigenvalue weighted by atomic mass is 9.82. The molecule has 1 saturated heterocycles. The molecule has 1 fully saturated rings. The molecule has 1 aromatic carbocycles. The second-order valence-electron chi connectivity index (χ2n) is 5.32. The van der Waals surface area contributed by atoms with Gasteiger partial charge in [0.25, 0.3) is 5.91 Å². The Hall–Kier alpha value is -1.62. The second-order valence-corrected chi connectivity index (χ2v) is 5.76. The van der Waals surface area contributed by atoms with E-state index >= 15 is 0 Å². The number of carboxylic acid groups (broad SMARTS) is 1. The quantitative estimate of drug-likeness (QED) is 0.913. The summed E-state index contributed by atoms with van der Waals surface area (Å²) in [5.74, 6) is -2.12. The number of nitrogens with zero attached hydrogens (tertiary/aromatic N) is 1. The first-order chi connectivity index (χ1) is 9.33. The van der Waals surface area contributed by atoms with E-state index in [1.54, 1.807) is 6.92 Å². The van der Waals surface area contributed by atoms with Crippen molar-refractivity contribution < 1.29 is 19.1 Å². The van der Waals surface area contributed by atoms with E-state index in [1.807, 2.05) is 0 Å². The average molecular weight is 300 g/mol. The lowest BCUT2D eigenvalue weighted by Crippen LogP contribution is -2.48. The van der Waals surface area contributed by atoms with Crippen LogP contribution in [0.15, 0.2) is 18.2 Å². The SMILES string of the molecule is CC1(C(=O)O)CCCN(C(=O)c2ccc(Cl)cc2F)C1. The van der Waals surface area contributed by atoms with Crippen LogP contribution in [0.3, 0.4) is 0 Å². The summed E-state index contributed by atoms with van der Waals surface area (Å²) in [6.07, 6.45) is 1.10. The number of amides is 1. The average Bonchev–Trinajstić information content (AvgIpc) is 2.38. The predicted octanol–water partition coefficient (Wildman–Crippen LogP) is 2.81. The largest absolute Gasteiger partial charge is 0.481 e. The minimum atomic E-state index is -0.975. The molecule has 4 nitrogen and oxygen atoms in total. The normalized spacial score (nSPS) is 22.6. The first-order valence-corrected chi connectivity index (χ1v) is 6.69. The Labute approximate surface area is 121 Å². The van der Waals surface area contributed by atoms with Gasteiger partial charge < -0.3 is 10.0 Å². The fraction of sp³-hybridized carbons (Fsp3) is 0.429. The van der Waals surface area contributed by atoms with Crippen molar-refractivity contribution in [1.29, 1.82) is 0 Å². The van der Waals surface area contributed by atoms with Crippen molar-refractivity contribution >= 4 is 23.5 Å². The first-order valence-electron chi connectivity index (χ1n) is 6.31. The zero-order valence-electron chi connectivity index (χ0n) is 11.0. The Morgan fingerprint density at radius 2 is 2.15 bits per heavy atom. The number of carboxylic acids is 1. The van der Waals surface area contributed by atoms with Crippen molar-refractivity contribution in [2.45, 2.75) is 19.8 Å². The topological polar surface area (TPSA) is 57.6 Å². The summed E-state index contributed by atoms with van der Waals surface area (Å²) < 4.78 is 13.8. The maximum Gasteiger partial charge on any atom is 0.311 e. The van der Waals surface area contributed by atoms with Gasteiger partial charge in [0, 0.05) is 18.1 Å². The fourth-order valence-electron chi connectivity index (χ4n) is 2.42. The van der Waals surface area contributed by atoms with E-state index < -0.39 is 23.1 Å². The van der Waals surface area contributed by atoms with Crippen LogP contribution in [0.25, 0.3) is 0 Å². The molecule has 0 saturated carbocycles. The van der Waals surface area contributed by atoms with E-state index in [0.717, 1.165) is 6.07 Å². The number of likely N-dealkylation sites (tertiary alicyclic amines) is 1. The number of piperidine rings is 1. The van der Waals surface area contributed by atoms with Crippen LogP contribution in [-0.2, 0) is 4.79 Å². The molecule has 0 aliphatic carbocycles. The Balaban J connectivity index is 2.23. The molecule has 1 N–H and O–H groups in total. The number of aliphatic carboxylic acids is 1. The van der Waals surface area contributed by atoms with Crippen LogP contribution in [-0.4, -0.2) is 35.0 Å². The summed E-state index contributed by atoms with van der Waals surface area (Å²) in [5.41, 5.74) is -1.05. The first kappa shape index (κ1) is 14.8. The van der Waals surface area contributed by atoms with E-state index in [-0.39, 0.29) is 17.1 Å². The zero-order valence-corrected chi connectivity index (χ0v) is 11.8. The minimum Gasteiger partial charge on any atom is -0.481 e. The van der Waals surface area contributed by atoms with Gasteiger partial charge >= 0.3 is 5.97 Å². The van der Waals surface area contributed by atoms with E-state index in [1.165, 1.54) is 17.0 Å². The van der Waals surface area contributed by atoms with Gasteiger partial charge in [0.15, 0.2) is 0 Å². The molecular formula is C14H15ClFNO3. The lowest BCUT2D eigenvalue weighted by molar-refractivity contribution is -0.150. The molecule has 108 valence electrons. The molecular weight excluding hydrogens is 285 g/mol. The summed E-state index contributed by atoms with van der Waals surface area (Å²) in [7, 11) is 0. The van der Waals surface area contributed by atoms with E-state index in [9.17, 15) is 19.1 Å². The van der Waals surface area contributed by atoms with E-state index in [2.05, 4.69) is 0 Å². The highest BCUT2D eigenvalue weighted by Crippen LogP contribution is 2.30. The molecule has 1 atom stereocenters. The van der Waals surface area contributed by atoms with Gasteiger partial charge in [0.05, 0.1) is 11.0 Å². The smallest absolute Gasteiger partial charge is 0.311 e. The minimum absolute atomic E-state index is 0.0796. The molecule has 1 aliphatic rings. The van der Waals surface area contributed by atoms with Crippen LogP contribution in [0.1, 0.15) is 30.1 Å². The van der Waals surface area contributed by atoms with Gasteiger partial charge in [-0.3, -0.25) is 9.59 Å². The Morgan fingerprint density at radius 3 is 2.75 bits per heavy atom. The summed E-state index contributed by atoms with van der Waals surface area (Å²) >= 11 is 5.65. The molecule has 0 radical (unpaired) electrons. The molecule has 1 aromatic rings. The number of halogens is 2. The Bertz CT molecular complexity index is 563. The monoisotopic (exact) mass is 299 g/mol. The molecule has 0 bridgehead atoms. The van der Waals surface area contributed by atoms with Gasteiger partial charge in [-0.1, -0.05) is 11.6 Å². The number of carbonyl (C=O) groups excluding carboxylic acids is 1. The van der Waals surface area contributed by atoms with Gasteiger partial charge in [-0.2, -0.15) is 0 Å². The van der Waals surface area contributed by atoms with Crippen molar-refractivity contribution in [3.8, 4) is 0 Å². The van der Waals surface area contributed by atoms with Gasteiger partial charge in [0.1, 0.15) is 5.82 Å². The highest BCUT2D eigenvalue weighted by molar-refractivity contribution is 6.30. The fourth-order valence-corrected chi connectivity index (χ4v) is 2.58. The highest BCUT2D eigenvalue weighted by atomic mass is 35.5. The molecule has 1 heterocycles. The van der Waals surface area contributed by atoms with E-state index in [0.29, 0.717) is 19.4 Å². The van der Waals surface area contributed by atoms with Gasteiger partial charge in [-0.05, 0) is 38.0 Å². The molecule has 1 aliphatic heterocycles. The summed E-state index contributed by atoms with van der Waals surface area (Å²) in [5, 5.41) is 9.44. The Morgan fingerprint density at radius 1 is 1.45 bits per heavy atom. The third-order valence-corrected chi connectivity index (χ3v) is 3.90. The second kappa shape index (κ2) is 5.40. The maximum absolute atomic E-state index is 13.8. The molecule has 1 amide bonds. The van der Waals surface area contributed by atoms with Crippen molar-refractivity contribution in [1.82, 2.24) is 4.90 Å². The number of benzene rings is 1. The molecule has 1 unspecified atom stereocenters. The number of rotatable bonds is 2. The molecule has 0 spiro atoms. The van der Waals surface area contributed by atoms with Crippen LogP contribution in [0.2, 0.25) is 5.02 Å². The third-order valence-electron chi connectivity index (χ3n) is 3.66. The number of hydrogen-bond acceptors (Lipinski definition) is 2. The van der Waals surface area contributed by atoms with Crippen LogP contribution in [0.4, 0.5) is 4.39 Å². The molecule has 0 aromatic heterocycles. The summed E-state index contributed by atoms with van der Waals surface area (Å²) in [6.45, 7) is 2.12. The van der Waals surface area contributed by atoms with Crippen molar-refractivity contribution in [3.05, 3.63) is 34.6 Å². The van der Waals surface area contributed by atoms with Crippen molar-refractivity contribution in [2.24, 2.45) is 5.41 Å². The highest BCUT2D eigenvalue weighted by Gasteiger charge is 2.39. The summed E-state index contributed by atoms with van der Waals surface area (Å²) in [4.78, 5) is 24.9. The maximum atomic E-state index is 13.8. The standard InChI is InChI=1S/C14H15ClFNO3/c1-14(13(19)20)5-2-6-17(8-14)12(18)10-4-3-9(15)7-11(10)16/h3-4,7H,2,5-6,8H2,1H3,(H,19,20). The van der Waals surface area contributed by atoms with Crippen LogP contribution < -0.4 is 0 Å². The van der Waals surface area contributed by atoms with Gasteiger partial charge in [0.2, 0.25) is 0 Å². The molecule has 6 heteroatoms. The third kappa shape index (κ3) is 2.77. The summed E-state index contributed by atoms with van der Waals surface area (Å²) in [6, 6.07) is 3.85. The van der Waals surface area contributed by atoms with Crippen molar-refractivity contribution in [3.63, 3.8) is 0 Å². The van der Waals surface area contributed by atoms with Crippen molar-refractivity contribution in [2.75, 3.05) is 13.1 Å². The number of hydrogen-bond donors (Lipinski definition) is 1. The van der Waals surface area contributed by atoms with Gasteiger partial charge in [-0.25, -0.2) is 4.39 Å². The number of carbonyl (C=O) groups is 2. The van der Waals surface area contributed by atoms with Crippen LogP contribution in [0, 0.1) is 11.2 Å². The lowest BCUT2D eigenvalue weighted by Gasteiger charge is -2.37. The van der Waals surface area contributed by atoms with Crippen LogP contribution >= 0.6 is 11.6 Å². The van der Waals surface area contributed by atoms with Gasteiger partial charge in [-0.15, -0.1) is 0 Å². The Kier molecular flexibility index (Phi) is 3.99. The predicted molar refractivity (Wildman–Crippen MR) is 72.3 cm³/mol. The molecule has 2 rings (SSSR count). The molecule has 20 heavy (non-hydrogen) atoms. The van der Waals surface area contributed by atoms with E-state index in [4.69, 9.17) is 11.6 Å².